The van der Waals surface area contributed by atoms with Crippen LogP contribution < -0.4 is 5.32 Å². The van der Waals surface area contributed by atoms with Crippen molar-refractivity contribution in [3.05, 3.63) is 19.8 Å². The van der Waals surface area contributed by atoms with Gasteiger partial charge in [0.15, 0.2) is 0 Å². The summed E-state index contributed by atoms with van der Waals surface area (Å²) in [7, 11) is 0. The standard InChI is InChI=1S/C12H15BrClNO2S/c13-10-5-9(18-11(10)14)6-15-8-3-1-2-7(4-8)12(16)17/h5,7-8,15H,1-4,6H2,(H,16,17). The third kappa shape index (κ3) is 3.70. The number of carboxylic acids is 1. The first kappa shape index (κ1) is 14.3. The number of hydrogen-bond donors (Lipinski definition) is 2. The summed E-state index contributed by atoms with van der Waals surface area (Å²) < 4.78 is 1.69. The molecular weight excluding hydrogens is 338 g/mol. The lowest BCUT2D eigenvalue weighted by molar-refractivity contribution is -0.143. The fourth-order valence-corrected chi connectivity index (χ4v) is 4.06. The molecule has 3 nitrogen and oxygen atoms in total. The zero-order valence-electron chi connectivity index (χ0n) is 9.79. The quantitative estimate of drug-likeness (QED) is 0.864. The minimum Gasteiger partial charge on any atom is -0.481 e. The molecule has 0 spiro atoms. The molecule has 2 N–H and O–H groups in total. The van der Waals surface area contributed by atoms with Gasteiger partial charge in [-0.15, -0.1) is 11.3 Å². The van der Waals surface area contributed by atoms with Gasteiger partial charge in [0.05, 0.1) is 5.92 Å². The van der Waals surface area contributed by atoms with E-state index in [1.54, 1.807) is 11.3 Å². The van der Waals surface area contributed by atoms with E-state index in [-0.39, 0.29) is 5.92 Å². The summed E-state index contributed by atoms with van der Waals surface area (Å²) in [5, 5.41) is 12.5. The average Bonchev–Trinajstić information content (AvgIpc) is 2.67. The van der Waals surface area contributed by atoms with Crippen LogP contribution in [0.25, 0.3) is 0 Å². The molecule has 6 heteroatoms. The number of hydrogen-bond acceptors (Lipinski definition) is 3. The van der Waals surface area contributed by atoms with Gasteiger partial charge in [-0.05, 0) is 41.3 Å². The van der Waals surface area contributed by atoms with Crippen molar-refractivity contribution in [1.29, 1.82) is 0 Å². The summed E-state index contributed by atoms with van der Waals surface area (Å²) in [6.07, 6.45) is 3.59. The van der Waals surface area contributed by atoms with E-state index >= 15 is 0 Å². The molecular formula is C12H15BrClNO2S. The summed E-state index contributed by atoms with van der Waals surface area (Å²) >= 11 is 10.9. The fraction of sp³-hybridized carbons (Fsp3) is 0.583. The second-order valence-corrected chi connectivity index (χ2v) is 7.21. The molecule has 1 aromatic heterocycles. The Morgan fingerprint density at radius 3 is 3.00 bits per heavy atom. The van der Waals surface area contributed by atoms with E-state index < -0.39 is 5.97 Å². The van der Waals surface area contributed by atoms with Gasteiger partial charge in [0.1, 0.15) is 4.34 Å². The van der Waals surface area contributed by atoms with Crippen LogP contribution in [0.5, 0.6) is 0 Å². The van der Waals surface area contributed by atoms with E-state index in [9.17, 15) is 4.79 Å². The number of aliphatic carboxylic acids is 1. The molecule has 1 aliphatic rings. The topological polar surface area (TPSA) is 49.3 Å². The molecule has 0 radical (unpaired) electrons. The van der Waals surface area contributed by atoms with Crippen LogP contribution in [-0.4, -0.2) is 17.1 Å². The first-order chi connectivity index (χ1) is 8.56. The van der Waals surface area contributed by atoms with Crippen LogP contribution in [0.1, 0.15) is 30.6 Å². The van der Waals surface area contributed by atoms with Gasteiger partial charge >= 0.3 is 5.97 Å². The first-order valence-corrected chi connectivity index (χ1v) is 7.95. The molecule has 1 aromatic rings. The van der Waals surface area contributed by atoms with E-state index in [2.05, 4.69) is 21.2 Å². The Hall–Kier alpha value is -0.100. The maximum absolute atomic E-state index is 11.0. The Morgan fingerprint density at radius 2 is 2.39 bits per heavy atom. The zero-order valence-corrected chi connectivity index (χ0v) is 12.9. The summed E-state index contributed by atoms with van der Waals surface area (Å²) in [5.74, 6) is -0.849. The molecule has 1 fully saturated rings. The number of rotatable bonds is 4. The summed E-state index contributed by atoms with van der Waals surface area (Å²) in [4.78, 5) is 12.1. The second kappa shape index (κ2) is 6.37. The Morgan fingerprint density at radius 1 is 1.61 bits per heavy atom. The molecule has 0 amide bonds. The Balaban J connectivity index is 1.84. The van der Waals surface area contributed by atoms with Crippen LogP contribution in [0, 0.1) is 5.92 Å². The third-order valence-electron chi connectivity index (χ3n) is 3.28. The highest BCUT2D eigenvalue weighted by molar-refractivity contribution is 9.10. The summed E-state index contributed by atoms with van der Waals surface area (Å²) in [6.45, 7) is 0.757. The SMILES string of the molecule is O=C(O)C1CCCC(NCc2cc(Br)c(Cl)s2)C1. The van der Waals surface area contributed by atoms with E-state index in [0.29, 0.717) is 6.04 Å². The van der Waals surface area contributed by atoms with Gasteiger partial charge in [-0.25, -0.2) is 0 Å². The predicted molar refractivity (Wildman–Crippen MR) is 77.3 cm³/mol. The van der Waals surface area contributed by atoms with Crippen LogP contribution in [0.4, 0.5) is 0 Å². The second-order valence-electron chi connectivity index (χ2n) is 4.61. The molecule has 0 aliphatic heterocycles. The monoisotopic (exact) mass is 351 g/mol. The molecule has 1 heterocycles. The minimum atomic E-state index is -0.664. The molecule has 2 rings (SSSR count). The average molecular weight is 353 g/mol. The van der Waals surface area contributed by atoms with Crippen LogP contribution in [-0.2, 0) is 11.3 Å². The lowest BCUT2D eigenvalue weighted by atomic mass is 9.86. The maximum atomic E-state index is 11.0. The molecule has 2 atom stereocenters. The highest BCUT2D eigenvalue weighted by Crippen LogP contribution is 2.32. The number of carbonyl (C=O) groups is 1. The van der Waals surface area contributed by atoms with E-state index in [1.165, 1.54) is 4.88 Å². The van der Waals surface area contributed by atoms with Crippen LogP contribution in [0.2, 0.25) is 4.34 Å². The van der Waals surface area contributed by atoms with Crippen molar-refractivity contribution in [2.24, 2.45) is 5.92 Å². The lowest BCUT2D eigenvalue weighted by Gasteiger charge is -2.27. The maximum Gasteiger partial charge on any atom is 0.306 e. The largest absolute Gasteiger partial charge is 0.481 e. The van der Waals surface area contributed by atoms with Crippen LogP contribution >= 0.6 is 38.9 Å². The smallest absolute Gasteiger partial charge is 0.306 e. The van der Waals surface area contributed by atoms with Gasteiger partial charge in [0, 0.05) is 21.9 Å². The van der Waals surface area contributed by atoms with E-state index in [1.807, 2.05) is 6.07 Å². The molecule has 0 bridgehead atoms. The van der Waals surface area contributed by atoms with Crippen molar-refractivity contribution >= 4 is 44.8 Å². The Labute approximate surface area is 124 Å². The predicted octanol–water partition coefficient (Wildman–Crippen LogP) is 3.90. The van der Waals surface area contributed by atoms with Crippen molar-refractivity contribution < 1.29 is 9.90 Å². The third-order valence-corrected chi connectivity index (χ3v) is 5.76. The normalized spacial score (nSPS) is 24.1. The molecule has 100 valence electrons. The molecule has 0 aromatic carbocycles. The van der Waals surface area contributed by atoms with Gasteiger partial charge in [-0.1, -0.05) is 18.0 Å². The lowest BCUT2D eigenvalue weighted by Crippen LogP contribution is -2.35. The number of carboxylic acid groups (broad SMARTS) is 1. The minimum absolute atomic E-state index is 0.185. The van der Waals surface area contributed by atoms with Crippen molar-refractivity contribution in [1.82, 2.24) is 5.32 Å². The Bertz CT molecular complexity index is 418. The number of nitrogens with one attached hydrogen (secondary N) is 1. The van der Waals surface area contributed by atoms with Gasteiger partial charge in [0.2, 0.25) is 0 Å². The van der Waals surface area contributed by atoms with Crippen molar-refractivity contribution in [2.45, 2.75) is 38.3 Å². The first-order valence-electron chi connectivity index (χ1n) is 5.96. The van der Waals surface area contributed by atoms with Crippen LogP contribution in [0.3, 0.4) is 0 Å². The van der Waals surface area contributed by atoms with Crippen molar-refractivity contribution in [3.63, 3.8) is 0 Å². The van der Waals surface area contributed by atoms with E-state index in [4.69, 9.17) is 16.7 Å². The highest BCUT2D eigenvalue weighted by Gasteiger charge is 2.26. The molecule has 18 heavy (non-hydrogen) atoms. The molecule has 2 unspecified atom stereocenters. The number of halogens is 2. The van der Waals surface area contributed by atoms with Crippen LogP contribution in [0.15, 0.2) is 10.5 Å². The molecule has 1 saturated carbocycles. The summed E-state index contributed by atoms with van der Waals surface area (Å²) in [6, 6.07) is 2.32. The highest BCUT2D eigenvalue weighted by atomic mass is 79.9. The van der Waals surface area contributed by atoms with Gasteiger partial charge in [-0.2, -0.15) is 0 Å². The van der Waals surface area contributed by atoms with Crippen molar-refractivity contribution in [3.8, 4) is 0 Å². The van der Waals surface area contributed by atoms with Gasteiger partial charge in [0.25, 0.3) is 0 Å². The molecule has 0 saturated heterocycles. The Kier molecular flexibility index (Phi) is 5.06. The van der Waals surface area contributed by atoms with Gasteiger partial charge < -0.3 is 10.4 Å². The molecule has 1 aliphatic carbocycles. The number of thiophene rings is 1. The van der Waals surface area contributed by atoms with E-state index in [0.717, 1.165) is 41.0 Å². The van der Waals surface area contributed by atoms with Crippen molar-refractivity contribution in [2.75, 3.05) is 0 Å². The zero-order chi connectivity index (χ0) is 13.1. The summed E-state index contributed by atoms with van der Waals surface area (Å²) in [5.41, 5.74) is 0. The van der Waals surface area contributed by atoms with Gasteiger partial charge in [-0.3, -0.25) is 4.79 Å². The fourth-order valence-electron chi connectivity index (χ4n) is 2.32.